The summed E-state index contributed by atoms with van der Waals surface area (Å²) in [6, 6.07) is 4.63. The van der Waals surface area contributed by atoms with Gasteiger partial charge in [0.2, 0.25) is 0 Å². The van der Waals surface area contributed by atoms with Gasteiger partial charge >= 0.3 is 6.03 Å². The molecule has 1 atom stereocenters. The Kier molecular flexibility index (Phi) is 5.48. The lowest BCUT2D eigenvalue weighted by molar-refractivity contribution is 0.0521. The second kappa shape index (κ2) is 7.13. The van der Waals surface area contributed by atoms with E-state index in [1.54, 1.807) is 23.1 Å². The van der Waals surface area contributed by atoms with Crippen LogP contribution < -0.4 is 5.32 Å². The summed E-state index contributed by atoms with van der Waals surface area (Å²) >= 11 is 11.7. The van der Waals surface area contributed by atoms with Gasteiger partial charge in [0.1, 0.15) is 0 Å². The van der Waals surface area contributed by atoms with Crippen molar-refractivity contribution >= 4 is 29.2 Å². The summed E-state index contributed by atoms with van der Waals surface area (Å²) in [4.78, 5) is 13.5. The van der Waals surface area contributed by atoms with E-state index in [2.05, 4.69) is 5.32 Å². The molecule has 0 spiro atoms. The number of ether oxygens (including phenoxy) is 1. The molecule has 1 saturated heterocycles. The molecule has 2 N–H and O–H groups in total. The Morgan fingerprint density at radius 3 is 2.50 bits per heavy atom. The summed E-state index contributed by atoms with van der Waals surface area (Å²) in [7, 11) is 0. The number of nitrogens with zero attached hydrogens (tertiary/aromatic N) is 1. The molecule has 1 aliphatic heterocycles. The van der Waals surface area contributed by atoms with E-state index in [0.29, 0.717) is 41.9 Å². The second-order valence-electron chi connectivity index (χ2n) is 4.50. The Bertz CT molecular complexity index is 458. The fraction of sp³-hybridized carbons (Fsp3) is 0.462. The van der Waals surface area contributed by atoms with Crippen LogP contribution in [0.25, 0.3) is 0 Å². The van der Waals surface area contributed by atoms with Crippen molar-refractivity contribution in [3.8, 4) is 0 Å². The number of halogens is 2. The summed E-state index contributed by atoms with van der Waals surface area (Å²) in [6.07, 6.45) is -0.851. The average Bonchev–Trinajstić information content (AvgIpc) is 2.44. The highest BCUT2D eigenvalue weighted by atomic mass is 35.5. The number of hydrogen-bond donors (Lipinski definition) is 2. The van der Waals surface area contributed by atoms with Crippen LogP contribution in [0, 0.1) is 0 Å². The van der Waals surface area contributed by atoms with E-state index >= 15 is 0 Å². The minimum absolute atomic E-state index is 0.104. The van der Waals surface area contributed by atoms with E-state index in [1.807, 2.05) is 0 Å². The molecule has 20 heavy (non-hydrogen) atoms. The van der Waals surface area contributed by atoms with E-state index in [0.717, 1.165) is 0 Å². The van der Waals surface area contributed by atoms with Crippen molar-refractivity contribution in [1.82, 2.24) is 10.2 Å². The van der Waals surface area contributed by atoms with E-state index < -0.39 is 6.10 Å². The number of morpholine rings is 1. The van der Waals surface area contributed by atoms with Gasteiger partial charge in [-0.2, -0.15) is 0 Å². The van der Waals surface area contributed by atoms with Gasteiger partial charge in [0, 0.05) is 29.7 Å². The number of rotatable bonds is 3. The summed E-state index contributed by atoms with van der Waals surface area (Å²) < 4.78 is 5.17. The molecule has 110 valence electrons. The highest BCUT2D eigenvalue weighted by Gasteiger charge is 2.18. The highest BCUT2D eigenvalue weighted by Crippen LogP contribution is 2.23. The largest absolute Gasteiger partial charge is 0.387 e. The quantitative estimate of drug-likeness (QED) is 0.896. The number of carbonyl (C=O) groups excluding carboxylic acids is 1. The second-order valence-corrected chi connectivity index (χ2v) is 5.38. The molecule has 0 aliphatic carbocycles. The molecule has 1 aromatic carbocycles. The van der Waals surface area contributed by atoms with Gasteiger partial charge in [-0.05, 0) is 23.8 Å². The van der Waals surface area contributed by atoms with Crippen molar-refractivity contribution < 1.29 is 14.6 Å². The van der Waals surface area contributed by atoms with E-state index in [-0.39, 0.29) is 12.6 Å². The summed E-state index contributed by atoms with van der Waals surface area (Å²) in [5.41, 5.74) is 0.574. The molecule has 1 aliphatic rings. The predicted octanol–water partition coefficient (Wildman–Crippen LogP) is 2.07. The van der Waals surface area contributed by atoms with Crippen LogP contribution in [-0.2, 0) is 4.74 Å². The van der Waals surface area contributed by atoms with Crippen LogP contribution in [0.5, 0.6) is 0 Å². The number of aliphatic hydroxyl groups is 1. The third kappa shape index (κ3) is 4.24. The van der Waals surface area contributed by atoms with Gasteiger partial charge in [-0.25, -0.2) is 4.79 Å². The van der Waals surface area contributed by atoms with Crippen molar-refractivity contribution in [1.29, 1.82) is 0 Å². The average molecular weight is 319 g/mol. The van der Waals surface area contributed by atoms with Gasteiger partial charge in [0.15, 0.2) is 0 Å². The van der Waals surface area contributed by atoms with Crippen LogP contribution in [0.2, 0.25) is 10.0 Å². The number of aliphatic hydroxyl groups excluding tert-OH is 1. The summed E-state index contributed by atoms with van der Waals surface area (Å²) in [5.74, 6) is 0. The fourth-order valence-corrected chi connectivity index (χ4v) is 2.49. The monoisotopic (exact) mass is 318 g/mol. The van der Waals surface area contributed by atoms with Crippen molar-refractivity contribution in [2.75, 3.05) is 32.8 Å². The Hall–Kier alpha value is -1.01. The normalized spacial score (nSPS) is 16.9. The van der Waals surface area contributed by atoms with Gasteiger partial charge < -0.3 is 20.1 Å². The summed E-state index contributed by atoms with van der Waals surface area (Å²) in [6.45, 7) is 2.31. The molecule has 0 bridgehead atoms. The lowest BCUT2D eigenvalue weighted by Crippen LogP contribution is -2.47. The van der Waals surface area contributed by atoms with Crippen LogP contribution in [0.15, 0.2) is 18.2 Å². The number of hydrogen-bond acceptors (Lipinski definition) is 3. The highest BCUT2D eigenvalue weighted by molar-refractivity contribution is 6.34. The number of nitrogens with one attached hydrogen (secondary N) is 1. The molecule has 0 saturated carbocycles. The third-order valence-corrected chi connectivity index (χ3v) is 3.45. The van der Waals surface area contributed by atoms with Gasteiger partial charge in [0.25, 0.3) is 0 Å². The maximum Gasteiger partial charge on any atom is 0.317 e. The molecule has 1 aromatic rings. The van der Waals surface area contributed by atoms with Gasteiger partial charge in [-0.15, -0.1) is 0 Å². The SMILES string of the molecule is O=C(NCC(O)c1cc(Cl)cc(Cl)c1)N1CCOCC1. The molecule has 0 aromatic heterocycles. The molecular formula is C13H16Cl2N2O3. The fourth-order valence-electron chi connectivity index (χ4n) is 1.95. The van der Waals surface area contributed by atoms with Crippen molar-refractivity contribution in [3.05, 3.63) is 33.8 Å². The number of carbonyl (C=O) groups is 1. The Morgan fingerprint density at radius 1 is 1.30 bits per heavy atom. The maximum atomic E-state index is 11.9. The minimum Gasteiger partial charge on any atom is -0.387 e. The number of amides is 2. The Labute approximate surface area is 127 Å². The number of urea groups is 1. The lowest BCUT2D eigenvalue weighted by atomic mass is 10.1. The molecular weight excluding hydrogens is 303 g/mol. The topological polar surface area (TPSA) is 61.8 Å². The number of benzene rings is 1. The third-order valence-electron chi connectivity index (χ3n) is 3.01. The standard InChI is InChI=1S/C13H16Cl2N2O3/c14-10-5-9(6-11(15)7-10)12(18)8-16-13(19)17-1-3-20-4-2-17/h5-7,12,18H,1-4,8H2,(H,16,19). The van der Waals surface area contributed by atoms with Gasteiger partial charge in [0.05, 0.1) is 19.3 Å². The first-order valence-corrected chi connectivity index (χ1v) is 7.06. The first-order valence-electron chi connectivity index (χ1n) is 6.31. The Balaban J connectivity index is 1.87. The first kappa shape index (κ1) is 15.4. The molecule has 2 rings (SSSR count). The van der Waals surface area contributed by atoms with E-state index in [1.165, 1.54) is 0 Å². The molecule has 1 unspecified atom stereocenters. The van der Waals surface area contributed by atoms with Crippen LogP contribution in [0.3, 0.4) is 0 Å². The molecule has 2 amide bonds. The molecule has 7 heteroatoms. The van der Waals surface area contributed by atoms with Gasteiger partial charge in [-0.3, -0.25) is 0 Å². The predicted molar refractivity (Wildman–Crippen MR) is 77.2 cm³/mol. The maximum absolute atomic E-state index is 11.9. The smallest absolute Gasteiger partial charge is 0.317 e. The molecule has 5 nitrogen and oxygen atoms in total. The molecule has 1 heterocycles. The summed E-state index contributed by atoms with van der Waals surface area (Å²) in [5, 5.41) is 13.6. The van der Waals surface area contributed by atoms with Crippen LogP contribution in [0.4, 0.5) is 4.79 Å². The van der Waals surface area contributed by atoms with Gasteiger partial charge in [-0.1, -0.05) is 23.2 Å². The molecule has 0 radical (unpaired) electrons. The minimum atomic E-state index is -0.851. The zero-order chi connectivity index (χ0) is 14.5. The van der Waals surface area contributed by atoms with Crippen LogP contribution in [-0.4, -0.2) is 48.9 Å². The van der Waals surface area contributed by atoms with Crippen molar-refractivity contribution in [3.63, 3.8) is 0 Å². The van der Waals surface area contributed by atoms with Crippen molar-refractivity contribution in [2.45, 2.75) is 6.10 Å². The van der Waals surface area contributed by atoms with Crippen molar-refractivity contribution in [2.24, 2.45) is 0 Å². The zero-order valence-corrected chi connectivity index (χ0v) is 12.3. The van der Waals surface area contributed by atoms with Crippen LogP contribution >= 0.6 is 23.2 Å². The first-order chi connectivity index (χ1) is 9.56. The molecule has 1 fully saturated rings. The van der Waals surface area contributed by atoms with E-state index in [4.69, 9.17) is 27.9 Å². The lowest BCUT2D eigenvalue weighted by Gasteiger charge is -2.27. The zero-order valence-electron chi connectivity index (χ0n) is 10.8. The van der Waals surface area contributed by atoms with Crippen LogP contribution in [0.1, 0.15) is 11.7 Å². The van der Waals surface area contributed by atoms with E-state index in [9.17, 15) is 9.90 Å². The Morgan fingerprint density at radius 2 is 1.90 bits per heavy atom.